The van der Waals surface area contributed by atoms with Crippen molar-refractivity contribution >= 4 is 9.84 Å². The molecule has 0 aliphatic rings. The molecule has 1 aromatic rings. The van der Waals surface area contributed by atoms with Gasteiger partial charge >= 0.3 is 6.18 Å². The second kappa shape index (κ2) is 4.89. The van der Waals surface area contributed by atoms with Gasteiger partial charge in [0, 0.05) is 6.04 Å². The maximum atomic E-state index is 12.7. The van der Waals surface area contributed by atoms with Gasteiger partial charge in [-0.25, -0.2) is 8.42 Å². The zero-order chi connectivity index (χ0) is 14.1. The summed E-state index contributed by atoms with van der Waals surface area (Å²) >= 11 is 0. The van der Waals surface area contributed by atoms with Crippen molar-refractivity contribution < 1.29 is 21.6 Å². The van der Waals surface area contributed by atoms with Gasteiger partial charge in [0.15, 0.2) is 9.84 Å². The van der Waals surface area contributed by atoms with Gasteiger partial charge in [-0.15, -0.1) is 0 Å². The summed E-state index contributed by atoms with van der Waals surface area (Å²) in [5, 5.41) is -1.08. The lowest BCUT2D eigenvalue weighted by molar-refractivity contribution is -0.139. The van der Waals surface area contributed by atoms with Crippen molar-refractivity contribution in [3.05, 3.63) is 29.8 Å². The Balaban J connectivity index is 3.43. The molecule has 0 saturated heterocycles. The molecule has 2 atom stereocenters. The summed E-state index contributed by atoms with van der Waals surface area (Å²) in [5.74, 6) is 0. The third kappa shape index (κ3) is 2.84. The second-order valence-corrected chi connectivity index (χ2v) is 6.38. The van der Waals surface area contributed by atoms with Crippen molar-refractivity contribution in [2.45, 2.75) is 36.2 Å². The molecule has 3 nitrogen and oxygen atoms in total. The molecule has 102 valence electrons. The molecule has 1 aromatic carbocycles. The fraction of sp³-hybridized carbons (Fsp3) is 0.455. The van der Waals surface area contributed by atoms with E-state index in [0.717, 1.165) is 18.2 Å². The van der Waals surface area contributed by atoms with Crippen molar-refractivity contribution in [3.8, 4) is 0 Å². The van der Waals surface area contributed by atoms with Crippen LogP contribution >= 0.6 is 0 Å². The SMILES string of the molecule is CC(N)C(C)S(=O)(=O)c1ccccc1C(F)(F)F. The molecule has 7 heteroatoms. The Labute approximate surface area is 104 Å². The lowest BCUT2D eigenvalue weighted by Crippen LogP contribution is -2.36. The van der Waals surface area contributed by atoms with E-state index in [1.807, 2.05) is 0 Å². The van der Waals surface area contributed by atoms with Gasteiger partial charge in [0.25, 0.3) is 0 Å². The lowest BCUT2D eigenvalue weighted by atomic mass is 10.2. The quantitative estimate of drug-likeness (QED) is 0.924. The summed E-state index contributed by atoms with van der Waals surface area (Å²) < 4.78 is 62.4. The van der Waals surface area contributed by atoms with Gasteiger partial charge < -0.3 is 5.73 Å². The highest BCUT2D eigenvalue weighted by Crippen LogP contribution is 2.35. The van der Waals surface area contributed by atoms with E-state index in [-0.39, 0.29) is 0 Å². The van der Waals surface area contributed by atoms with Crippen molar-refractivity contribution in [2.24, 2.45) is 5.73 Å². The van der Waals surface area contributed by atoms with Gasteiger partial charge in [-0.3, -0.25) is 0 Å². The molecule has 1 rings (SSSR count). The van der Waals surface area contributed by atoms with Crippen molar-refractivity contribution in [2.75, 3.05) is 0 Å². The molecule has 0 spiro atoms. The first-order valence-corrected chi connectivity index (χ1v) is 6.79. The summed E-state index contributed by atoms with van der Waals surface area (Å²) in [4.78, 5) is -0.720. The molecule has 0 saturated carbocycles. The van der Waals surface area contributed by atoms with Crippen molar-refractivity contribution in [1.82, 2.24) is 0 Å². The van der Waals surface area contributed by atoms with Crippen molar-refractivity contribution in [3.63, 3.8) is 0 Å². The lowest BCUT2D eigenvalue weighted by Gasteiger charge is -2.19. The Morgan fingerprint density at radius 1 is 1.17 bits per heavy atom. The van der Waals surface area contributed by atoms with Gasteiger partial charge in [-0.1, -0.05) is 12.1 Å². The molecule has 0 aliphatic heterocycles. The average molecular weight is 281 g/mol. The van der Waals surface area contributed by atoms with E-state index in [1.54, 1.807) is 0 Å². The van der Waals surface area contributed by atoms with Gasteiger partial charge in [-0.2, -0.15) is 13.2 Å². The van der Waals surface area contributed by atoms with Crippen LogP contribution in [0.3, 0.4) is 0 Å². The van der Waals surface area contributed by atoms with Gasteiger partial charge in [-0.05, 0) is 26.0 Å². The van der Waals surface area contributed by atoms with Crippen LogP contribution in [0, 0.1) is 0 Å². The number of rotatable bonds is 3. The summed E-state index contributed by atoms with van der Waals surface area (Å²) in [6, 6.07) is 3.36. The minimum absolute atomic E-state index is 0.720. The number of hydrogen-bond donors (Lipinski definition) is 1. The summed E-state index contributed by atoms with van der Waals surface area (Å²) in [5.41, 5.74) is 4.30. The second-order valence-electron chi connectivity index (χ2n) is 4.10. The summed E-state index contributed by atoms with van der Waals surface area (Å²) in [7, 11) is -4.10. The molecule has 0 bridgehead atoms. The number of benzene rings is 1. The van der Waals surface area contributed by atoms with E-state index in [0.29, 0.717) is 0 Å². The van der Waals surface area contributed by atoms with Crippen LogP contribution in [0.2, 0.25) is 0 Å². The minimum atomic E-state index is -4.71. The van der Waals surface area contributed by atoms with Crippen LogP contribution in [0.1, 0.15) is 19.4 Å². The van der Waals surface area contributed by atoms with Crippen LogP contribution in [-0.4, -0.2) is 19.7 Å². The Morgan fingerprint density at radius 2 is 1.67 bits per heavy atom. The van der Waals surface area contributed by atoms with Crippen LogP contribution in [0.4, 0.5) is 13.2 Å². The van der Waals surface area contributed by atoms with E-state index in [1.165, 1.54) is 19.9 Å². The zero-order valence-electron chi connectivity index (χ0n) is 9.90. The highest BCUT2D eigenvalue weighted by molar-refractivity contribution is 7.92. The average Bonchev–Trinajstić information content (AvgIpc) is 2.26. The molecule has 18 heavy (non-hydrogen) atoms. The standard InChI is InChI=1S/C11H14F3NO2S/c1-7(15)8(2)18(16,17)10-6-4-3-5-9(10)11(12,13)14/h3-8H,15H2,1-2H3. The van der Waals surface area contributed by atoms with Gasteiger partial charge in [0.1, 0.15) is 0 Å². The van der Waals surface area contributed by atoms with E-state index >= 15 is 0 Å². The maximum absolute atomic E-state index is 12.7. The predicted octanol–water partition coefficient (Wildman–Crippen LogP) is 2.21. The van der Waals surface area contributed by atoms with Crippen LogP contribution < -0.4 is 5.73 Å². The third-order valence-electron chi connectivity index (χ3n) is 2.73. The Hall–Kier alpha value is -1.08. The normalized spacial score (nSPS) is 16.3. The molecule has 0 fully saturated rings. The van der Waals surface area contributed by atoms with Crippen LogP contribution in [0.15, 0.2) is 29.2 Å². The fourth-order valence-corrected chi connectivity index (χ4v) is 3.16. The first-order chi connectivity index (χ1) is 8.08. The van der Waals surface area contributed by atoms with Crippen LogP contribution in [0.5, 0.6) is 0 Å². The number of nitrogens with two attached hydrogens (primary N) is 1. The maximum Gasteiger partial charge on any atom is 0.417 e. The van der Waals surface area contributed by atoms with E-state index in [4.69, 9.17) is 5.73 Å². The Kier molecular flexibility index (Phi) is 4.07. The summed E-state index contributed by atoms with van der Waals surface area (Å²) in [6.45, 7) is 2.74. The monoisotopic (exact) mass is 281 g/mol. The molecule has 0 heterocycles. The molecular weight excluding hydrogens is 267 g/mol. The van der Waals surface area contributed by atoms with Crippen LogP contribution in [0.25, 0.3) is 0 Å². The van der Waals surface area contributed by atoms with Gasteiger partial charge in [0.2, 0.25) is 0 Å². The molecule has 0 aliphatic carbocycles. The molecular formula is C11H14F3NO2S. The fourth-order valence-electron chi connectivity index (χ4n) is 1.43. The largest absolute Gasteiger partial charge is 0.417 e. The number of alkyl halides is 3. The highest BCUT2D eigenvalue weighted by atomic mass is 32.2. The number of halogens is 3. The number of sulfone groups is 1. The highest BCUT2D eigenvalue weighted by Gasteiger charge is 2.39. The molecule has 0 amide bonds. The van der Waals surface area contributed by atoms with Gasteiger partial charge in [0.05, 0.1) is 15.7 Å². The van der Waals surface area contributed by atoms with E-state index in [2.05, 4.69) is 0 Å². The Morgan fingerprint density at radius 3 is 2.11 bits per heavy atom. The van der Waals surface area contributed by atoms with Crippen molar-refractivity contribution in [1.29, 1.82) is 0 Å². The van der Waals surface area contributed by atoms with E-state index in [9.17, 15) is 21.6 Å². The Bertz CT molecular complexity index is 523. The molecule has 2 N–H and O–H groups in total. The molecule has 0 aromatic heterocycles. The molecule has 0 radical (unpaired) electrons. The third-order valence-corrected chi connectivity index (χ3v) is 5.11. The zero-order valence-corrected chi connectivity index (χ0v) is 10.7. The topological polar surface area (TPSA) is 60.2 Å². The minimum Gasteiger partial charge on any atom is -0.327 e. The number of hydrogen-bond acceptors (Lipinski definition) is 3. The first kappa shape index (κ1) is 15.0. The molecule has 2 unspecified atom stereocenters. The predicted molar refractivity (Wildman–Crippen MR) is 61.7 cm³/mol. The smallest absolute Gasteiger partial charge is 0.327 e. The van der Waals surface area contributed by atoms with E-state index < -0.39 is 37.8 Å². The first-order valence-electron chi connectivity index (χ1n) is 5.24. The summed E-state index contributed by atoms with van der Waals surface area (Å²) in [6.07, 6.45) is -4.71. The van der Waals surface area contributed by atoms with Crippen LogP contribution in [-0.2, 0) is 16.0 Å².